The van der Waals surface area contributed by atoms with E-state index >= 15 is 0 Å². The van der Waals surface area contributed by atoms with Crippen molar-refractivity contribution in [3.8, 4) is 0 Å². The Morgan fingerprint density at radius 2 is 2.16 bits per heavy atom. The first-order valence-corrected chi connectivity index (χ1v) is 6.54. The quantitative estimate of drug-likeness (QED) is 0.876. The van der Waals surface area contributed by atoms with Crippen molar-refractivity contribution in [3.63, 3.8) is 0 Å². The molecular formula is C14H19FN2O2. The summed E-state index contributed by atoms with van der Waals surface area (Å²) in [5, 5.41) is 12.3. The Morgan fingerprint density at radius 3 is 2.79 bits per heavy atom. The standard InChI is InChI=1S/C14H19FN2O2/c1-10-6-7-16-9-13(8-14(18)19)17(10)12-4-2-11(15)3-5-12/h2-5,10,13,16H,6-9H2,1H3,(H,18,19). The molecule has 0 saturated carbocycles. The van der Waals surface area contributed by atoms with Crippen LogP contribution >= 0.6 is 0 Å². The van der Waals surface area contributed by atoms with Gasteiger partial charge in [-0.15, -0.1) is 0 Å². The molecule has 0 aromatic heterocycles. The van der Waals surface area contributed by atoms with Crippen LogP contribution in [0.5, 0.6) is 0 Å². The fraction of sp³-hybridized carbons (Fsp3) is 0.500. The maximum absolute atomic E-state index is 13.0. The molecular weight excluding hydrogens is 247 g/mol. The molecule has 0 amide bonds. The van der Waals surface area contributed by atoms with E-state index in [0.29, 0.717) is 6.54 Å². The van der Waals surface area contributed by atoms with Gasteiger partial charge in [-0.25, -0.2) is 4.39 Å². The highest BCUT2D eigenvalue weighted by Crippen LogP contribution is 2.24. The zero-order valence-corrected chi connectivity index (χ0v) is 11.0. The van der Waals surface area contributed by atoms with Crippen molar-refractivity contribution in [2.75, 3.05) is 18.0 Å². The number of hydrogen-bond acceptors (Lipinski definition) is 3. The second-order valence-electron chi connectivity index (χ2n) is 4.98. The first-order chi connectivity index (χ1) is 9.08. The largest absolute Gasteiger partial charge is 0.481 e. The molecule has 19 heavy (non-hydrogen) atoms. The lowest BCUT2D eigenvalue weighted by Crippen LogP contribution is -2.45. The first-order valence-electron chi connectivity index (χ1n) is 6.54. The Hall–Kier alpha value is -1.62. The molecule has 1 aromatic rings. The molecule has 1 aliphatic rings. The summed E-state index contributed by atoms with van der Waals surface area (Å²) in [5.74, 6) is -1.09. The maximum Gasteiger partial charge on any atom is 0.305 e. The van der Waals surface area contributed by atoms with Gasteiger partial charge in [-0.05, 0) is 44.2 Å². The van der Waals surface area contributed by atoms with Crippen molar-refractivity contribution in [3.05, 3.63) is 30.1 Å². The zero-order valence-electron chi connectivity index (χ0n) is 11.0. The number of carboxylic acid groups (broad SMARTS) is 1. The van der Waals surface area contributed by atoms with E-state index in [9.17, 15) is 9.18 Å². The van der Waals surface area contributed by atoms with Gasteiger partial charge in [0.25, 0.3) is 0 Å². The number of nitrogens with zero attached hydrogens (tertiary/aromatic N) is 1. The number of benzene rings is 1. The summed E-state index contributed by atoms with van der Waals surface area (Å²) in [4.78, 5) is 13.1. The van der Waals surface area contributed by atoms with Crippen LogP contribution in [-0.2, 0) is 4.79 Å². The van der Waals surface area contributed by atoms with Crippen LogP contribution < -0.4 is 10.2 Å². The first kappa shape index (κ1) is 13.8. The Balaban J connectivity index is 2.27. The third kappa shape index (κ3) is 3.44. The van der Waals surface area contributed by atoms with Crippen molar-refractivity contribution in [1.82, 2.24) is 5.32 Å². The summed E-state index contributed by atoms with van der Waals surface area (Å²) < 4.78 is 13.0. The van der Waals surface area contributed by atoms with Crippen LogP contribution in [-0.4, -0.2) is 36.2 Å². The van der Waals surface area contributed by atoms with E-state index in [0.717, 1.165) is 18.7 Å². The molecule has 1 heterocycles. The fourth-order valence-corrected chi connectivity index (χ4v) is 2.63. The van der Waals surface area contributed by atoms with Crippen molar-refractivity contribution in [2.45, 2.75) is 31.8 Å². The van der Waals surface area contributed by atoms with Gasteiger partial charge in [0.1, 0.15) is 5.82 Å². The van der Waals surface area contributed by atoms with Crippen LogP contribution in [0, 0.1) is 5.82 Å². The van der Waals surface area contributed by atoms with Gasteiger partial charge in [0.05, 0.1) is 12.5 Å². The van der Waals surface area contributed by atoms with Gasteiger partial charge in [-0.1, -0.05) is 0 Å². The summed E-state index contributed by atoms with van der Waals surface area (Å²) >= 11 is 0. The number of hydrogen-bond donors (Lipinski definition) is 2. The van der Waals surface area contributed by atoms with Gasteiger partial charge in [-0.2, -0.15) is 0 Å². The molecule has 5 heteroatoms. The van der Waals surface area contributed by atoms with Crippen LogP contribution in [0.4, 0.5) is 10.1 Å². The number of rotatable bonds is 3. The molecule has 1 fully saturated rings. The summed E-state index contributed by atoms with van der Waals surface area (Å²) in [5.41, 5.74) is 0.879. The molecule has 0 aliphatic carbocycles. The third-order valence-corrected chi connectivity index (χ3v) is 3.52. The van der Waals surface area contributed by atoms with Gasteiger partial charge in [-0.3, -0.25) is 4.79 Å². The van der Waals surface area contributed by atoms with Gasteiger partial charge in [0.15, 0.2) is 0 Å². The monoisotopic (exact) mass is 266 g/mol. The molecule has 2 rings (SSSR count). The molecule has 104 valence electrons. The van der Waals surface area contributed by atoms with E-state index in [4.69, 9.17) is 5.11 Å². The van der Waals surface area contributed by atoms with Crippen LogP contribution in [0.2, 0.25) is 0 Å². The molecule has 2 unspecified atom stereocenters. The second-order valence-corrected chi connectivity index (χ2v) is 4.98. The van der Waals surface area contributed by atoms with Crippen LogP contribution in [0.3, 0.4) is 0 Å². The van der Waals surface area contributed by atoms with Gasteiger partial charge in [0.2, 0.25) is 0 Å². The summed E-state index contributed by atoms with van der Waals surface area (Å²) in [6, 6.07) is 6.37. The topological polar surface area (TPSA) is 52.6 Å². The van der Waals surface area contributed by atoms with Crippen molar-refractivity contribution in [2.24, 2.45) is 0 Å². The van der Waals surface area contributed by atoms with Gasteiger partial charge < -0.3 is 15.3 Å². The molecule has 1 aliphatic heterocycles. The Kier molecular flexibility index (Phi) is 4.37. The number of anilines is 1. The highest BCUT2D eigenvalue weighted by Gasteiger charge is 2.28. The summed E-state index contributed by atoms with van der Waals surface area (Å²) in [6.07, 6.45) is 1.02. The molecule has 1 saturated heterocycles. The van der Waals surface area contributed by atoms with Crippen molar-refractivity contribution < 1.29 is 14.3 Å². The molecule has 0 spiro atoms. The van der Waals surface area contributed by atoms with E-state index in [1.807, 2.05) is 0 Å². The zero-order chi connectivity index (χ0) is 13.8. The van der Waals surface area contributed by atoms with Crippen LogP contribution in [0.25, 0.3) is 0 Å². The van der Waals surface area contributed by atoms with E-state index < -0.39 is 5.97 Å². The fourth-order valence-electron chi connectivity index (χ4n) is 2.63. The predicted octanol–water partition coefficient (Wildman–Crippen LogP) is 1.86. The van der Waals surface area contributed by atoms with Gasteiger partial charge in [0, 0.05) is 18.3 Å². The number of halogens is 1. The summed E-state index contributed by atoms with van der Waals surface area (Å²) in [6.45, 7) is 3.58. The Morgan fingerprint density at radius 1 is 1.47 bits per heavy atom. The van der Waals surface area contributed by atoms with E-state index in [2.05, 4.69) is 17.1 Å². The maximum atomic E-state index is 13.0. The number of aliphatic carboxylic acids is 1. The lowest BCUT2D eigenvalue weighted by Gasteiger charge is -2.36. The van der Waals surface area contributed by atoms with Crippen molar-refractivity contribution in [1.29, 1.82) is 0 Å². The summed E-state index contributed by atoms with van der Waals surface area (Å²) in [7, 11) is 0. The number of nitrogens with one attached hydrogen (secondary N) is 1. The van der Waals surface area contributed by atoms with Crippen LogP contribution in [0.15, 0.2) is 24.3 Å². The van der Waals surface area contributed by atoms with Crippen molar-refractivity contribution >= 4 is 11.7 Å². The van der Waals surface area contributed by atoms with E-state index in [1.165, 1.54) is 12.1 Å². The average molecular weight is 266 g/mol. The molecule has 1 aromatic carbocycles. The normalized spacial score (nSPS) is 24.0. The minimum atomic E-state index is -0.812. The highest BCUT2D eigenvalue weighted by molar-refractivity contribution is 5.68. The average Bonchev–Trinajstić information content (AvgIpc) is 2.52. The third-order valence-electron chi connectivity index (χ3n) is 3.52. The van der Waals surface area contributed by atoms with Gasteiger partial charge >= 0.3 is 5.97 Å². The molecule has 0 bridgehead atoms. The molecule has 2 N–H and O–H groups in total. The van der Waals surface area contributed by atoms with E-state index in [-0.39, 0.29) is 24.3 Å². The smallest absolute Gasteiger partial charge is 0.305 e. The highest BCUT2D eigenvalue weighted by atomic mass is 19.1. The Bertz CT molecular complexity index is 436. The van der Waals surface area contributed by atoms with E-state index in [1.54, 1.807) is 12.1 Å². The number of carbonyl (C=O) groups is 1. The SMILES string of the molecule is CC1CCNCC(CC(=O)O)N1c1ccc(F)cc1. The molecule has 0 radical (unpaired) electrons. The Labute approximate surface area is 112 Å². The lowest BCUT2D eigenvalue weighted by atomic mass is 10.1. The molecule has 4 nitrogen and oxygen atoms in total. The minimum Gasteiger partial charge on any atom is -0.481 e. The predicted molar refractivity (Wildman–Crippen MR) is 71.9 cm³/mol. The minimum absolute atomic E-state index is 0.0781. The number of carboxylic acids is 1. The van der Waals surface area contributed by atoms with Crippen LogP contribution in [0.1, 0.15) is 19.8 Å². The second kappa shape index (κ2) is 6.02. The molecule has 2 atom stereocenters. The lowest BCUT2D eigenvalue weighted by molar-refractivity contribution is -0.137.